The monoisotopic (exact) mass is 494 g/mol. The summed E-state index contributed by atoms with van der Waals surface area (Å²) in [6.45, 7) is 6.44. The molecule has 2 aromatic heterocycles. The summed E-state index contributed by atoms with van der Waals surface area (Å²) in [5.74, 6) is -1.01. The summed E-state index contributed by atoms with van der Waals surface area (Å²) in [4.78, 5) is 54.1. The van der Waals surface area contributed by atoms with E-state index in [1.165, 1.54) is 16.8 Å². The molecular weight excluding hydrogens is 464 g/mol. The Labute approximate surface area is 207 Å². The molecule has 1 saturated heterocycles. The molecule has 0 bridgehead atoms. The molecule has 11 heteroatoms. The lowest BCUT2D eigenvalue weighted by Gasteiger charge is -2.33. The van der Waals surface area contributed by atoms with Crippen LogP contribution < -0.4 is 16.4 Å². The zero-order valence-corrected chi connectivity index (χ0v) is 20.5. The molecular formula is C25H30N6O5. The average Bonchev–Trinajstić information content (AvgIpc) is 3.25. The van der Waals surface area contributed by atoms with Gasteiger partial charge in [0.05, 0.1) is 18.3 Å². The molecule has 0 aliphatic carbocycles. The zero-order chi connectivity index (χ0) is 25.9. The molecule has 1 aliphatic rings. The standard InChI is InChI=1S/C25H30N6O5/c1-25(2,3)36-24(35)30-11-9-17(10-12-30)19-14-20(32)27-22-18(15-26-31(19)22)23(34)29-28-21(33)13-16-7-5-4-6-8-16/h4-8,14-15,17H,9-13H2,1-3H3,(H,27,32)(H,28,33)(H,29,34). The van der Waals surface area contributed by atoms with E-state index in [1.807, 2.05) is 51.1 Å². The minimum atomic E-state index is -0.598. The second kappa shape index (κ2) is 10.2. The van der Waals surface area contributed by atoms with Gasteiger partial charge < -0.3 is 14.6 Å². The van der Waals surface area contributed by atoms with Crippen LogP contribution in [0.25, 0.3) is 5.65 Å². The normalized spacial score (nSPS) is 14.5. The Hall–Kier alpha value is -4.15. The Morgan fingerprint density at radius 1 is 1.11 bits per heavy atom. The van der Waals surface area contributed by atoms with Crippen molar-refractivity contribution in [1.29, 1.82) is 0 Å². The highest BCUT2D eigenvalue weighted by Gasteiger charge is 2.29. The van der Waals surface area contributed by atoms with Gasteiger partial charge in [0.1, 0.15) is 16.8 Å². The molecule has 4 rings (SSSR count). The highest BCUT2D eigenvalue weighted by Crippen LogP contribution is 2.28. The van der Waals surface area contributed by atoms with Crippen LogP contribution in [0.4, 0.5) is 4.79 Å². The van der Waals surface area contributed by atoms with E-state index >= 15 is 0 Å². The fourth-order valence-electron chi connectivity index (χ4n) is 4.17. The second-order valence-corrected chi connectivity index (χ2v) is 9.78. The maximum absolute atomic E-state index is 12.7. The molecule has 3 amide bonds. The van der Waals surface area contributed by atoms with Gasteiger partial charge in [0.25, 0.3) is 11.5 Å². The highest BCUT2D eigenvalue weighted by molar-refractivity contribution is 6.00. The number of hydrogen-bond donors (Lipinski definition) is 3. The minimum absolute atomic E-state index is 0.0325. The molecule has 3 aromatic rings. The zero-order valence-electron chi connectivity index (χ0n) is 20.5. The molecule has 11 nitrogen and oxygen atoms in total. The number of aromatic nitrogens is 3. The van der Waals surface area contributed by atoms with Gasteiger partial charge in [-0.15, -0.1) is 0 Å². The second-order valence-electron chi connectivity index (χ2n) is 9.78. The van der Waals surface area contributed by atoms with Crippen LogP contribution in [0.1, 0.15) is 61.1 Å². The number of amides is 3. The van der Waals surface area contributed by atoms with Gasteiger partial charge in [0, 0.05) is 25.1 Å². The fraction of sp³-hybridized carbons (Fsp3) is 0.400. The smallest absolute Gasteiger partial charge is 0.410 e. The Kier molecular flexibility index (Phi) is 7.09. The van der Waals surface area contributed by atoms with Crippen LogP contribution >= 0.6 is 0 Å². The first kappa shape index (κ1) is 25.0. The maximum Gasteiger partial charge on any atom is 0.410 e. The van der Waals surface area contributed by atoms with Gasteiger partial charge in [-0.25, -0.2) is 9.31 Å². The first-order valence-electron chi connectivity index (χ1n) is 11.8. The van der Waals surface area contributed by atoms with Crippen LogP contribution in [0.2, 0.25) is 0 Å². The Bertz CT molecular complexity index is 1320. The quantitative estimate of drug-likeness (QED) is 0.475. The van der Waals surface area contributed by atoms with Crippen molar-refractivity contribution in [1.82, 2.24) is 30.3 Å². The van der Waals surface area contributed by atoms with Crippen molar-refractivity contribution in [2.24, 2.45) is 0 Å². The number of fused-ring (bicyclic) bond motifs is 1. The predicted octanol–water partition coefficient (Wildman–Crippen LogP) is 2.14. The summed E-state index contributed by atoms with van der Waals surface area (Å²) >= 11 is 0. The van der Waals surface area contributed by atoms with Crippen LogP contribution in [-0.4, -0.2) is 56.1 Å². The first-order chi connectivity index (χ1) is 17.1. The van der Waals surface area contributed by atoms with Crippen LogP contribution in [-0.2, 0) is 16.0 Å². The molecule has 1 fully saturated rings. The lowest BCUT2D eigenvalue weighted by atomic mass is 9.93. The van der Waals surface area contributed by atoms with Gasteiger partial charge in [-0.2, -0.15) is 5.10 Å². The van der Waals surface area contributed by atoms with Crippen LogP contribution in [0.5, 0.6) is 0 Å². The Morgan fingerprint density at radius 2 is 1.81 bits per heavy atom. The number of benzene rings is 1. The van der Waals surface area contributed by atoms with Gasteiger partial charge in [0.15, 0.2) is 0 Å². The number of piperidine rings is 1. The van der Waals surface area contributed by atoms with Crippen molar-refractivity contribution in [2.75, 3.05) is 13.1 Å². The lowest BCUT2D eigenvalue weighted by Crippen LogP contribution is -2.42. The topological polar surface area (TPSA) is 138 Å². The van der Waals surface area contributed by atoms with E-state index in [2.05, 4.69) is 20.9 Å². The molecule has 1 aliphatic heterocycles. The van der Waals surface area contributed by atoms with Crippen molar-refractivity contribution >= 4 is 23.6 Å². The van der Waals surface area contributed by atoms with E-state index in [1.54, 1.807) is 4.90 Å². The number of carbonyl (C=O) groups is 3. The number of rotatable bonds is 4. The third-order valence-corrected chi connectivity index (χ3v) is 5.87. The highest BCUT2D eigenvalue weighted by atomic mass is 16.6. The van der Waals surface area contributed by atoms with E-state index in [-0.39, 0.29) is 41.1 Å². The molecule has 3 N–H and O–H groups in total. The van der Waals surface area contributed by atoms with E-state index < -0.39 is 11.5 Å². The van der Waals surface area contributed by atoms with E-state index in [0.29, 0.717) is 31.6 Å². The number of nitrogens with zero attached hydrogens (tertiary/aromatic N) is 3. The van der Waals surface area contributed by atoms with E-state index in [0.717, 1.165) is 5.56 Å². The van der Waals surface area contributed by atoms with Crippen LogP contribution in [0, 0.1) is 0 Å². The number of nitrogens with one attached hydrogen (secondary N) is 3. The van der Waals surface area contributed by atoms with Crippen LogP contribution in [0.3, 0.4) is 0 Å². The van der Waals surface area contributed by atoms with Gasteiger partial charge in [-0.05, 0) is 39.2 Å². The number of aromatic amines is 1. The van der Waals surface area contributed by atoms with Crippen molar-refractivity contribution < 1.29 is 19.1 Å². The molecule has 190 valence electrons. The van der Waals surface area contributed by atoms with Crippen LogP contribution in [0.15, 0.2) is 47.4 Å². The maximum atomic E-state index is 12.7. The molecule has 1 aromatic carbocycles. The van der Waals surface area contributed by atoms with Crippen molar-refractivity contribution in [3.8, 4) is 0 Å². The van der Waals surface area contributed by atoms with Crippen molar-refractivity contribution in [2.45, 2.75) is 51.6 Å². The number of ether oxygens (including phenoxy) is 1. The average molecular weight is 495 g/mol. The van der Waals surface area contributed by atoms with Gasteiger partial charge >= 0.3 is 6.09 Å². The summed E-state index contributed by atoms with van der Waals surface area (Å²) in [5, 5.41) is 4.32. The first-order valence-corrected chi connectivity index (χ1v) is 11.8. The molecule has 0 radical (unpaired) electrons. The summed E-state index contributed by atoms with van der Waals surface area (Å²) in [5.41, 5.74) is 5.67. The molecule has 0 spiro atoms. The summed E-state index contributed by atoms with van der Waals surface area (Å²) < 4.78 is 6.99. The third kappa shape index (κ3) is 5.91. The van der Waals surface area contributed by atoms with Gasteiger partial charge in [-0.3, -0.25) is 25.2 Å². The fourth-order valence-corrected chi connectivity index (χ4v) is 4.17. The van der Waals surface area contributed by atoms with Gasteiger partial charge in [-0.1, -0.05) is 30.3 Å². The summed E-state index contributed by atoms with van der Waals surface area (Å²) in [7, 11) is 0. The van der Waals surface area contributed by atoms with Crippen molar-refractivity contribution in [3.05, 3.63) is 69.8 Å². The molecule has 36 heavy (non-hydrogen) atoms. The number of hydrazine groups is 1. The molecule has 0 saturated carbocycles. The largest absolute Gasteiger partial charge is 0.444 e. The minimum Gasteiger partial charge on any atom is -0.444 e. The summed E-state index contributed by atoms with van der Waals surface area (Å²) in [6.07, 6.45) is 2.34. The SMILES string of the molecule is CC(C)(C)OC(=O)N1CCC(c2cc(=O)[nH]c3c(C(=O)NNC(=O)Cc4ccccc4)cnn23)CC1. The Balaban J connectivity index is 1.43. The van der Waals surface area contributed by atoms with E-state index in [4.69, 9.17) is 4.74 Å². The van der Waals surface area contributed by atoms with E-state index in [9.17, 15) is 19.2 Å². The van der Waals surface area contributed by atoms with Gasteiger partial charge in [0.2, 0.25) is 5.91 Å². The molecule has 3 heterocycles. The Morgan fingerprint density at radius 3 is 2.47 bits per heavy atom. The molecule has 0 unspecified atom stereocenters. The lowest BCUT2D eigenvalue weighted by molar-refractivity contribution is -0.121. The van der Waals surface area contributed by atoms with Crippen molar-refractivity contribution in [3.63, 3.8) is 0 Å². The predicted molar refractivity (Wildman–Crippen MR) is 131 cm³/mol. The number of likely N-dealkylation sites (tertiary alicyclic amines) is 1. The molecule has 0 atom stereocenters. The number of carbonyl (C=O) groups excluding carboxylic acids is 3. The summed E-state index contributed by atoms with van der Waals surface area (Å²) in [6, 6.07) is 10.6. The number of H-pyrrole nitrogens is 1. The third-order valence-electron chi connectivity index (χ3n) is 5.87. The number of hydrogen-bond acceptors (Lipinski definition) is 6.